The molecule has 1 aromatic heterocycles. The average Bonchev–Trinajstić information content (AvgIpc) is 2.83. The molecule has 106 valence electrons. The summed E-state index contributed by atoms with van der Waals surface area (Å²) < 4.78 is 26.6. The number of aromatic amines is 1. The van der Waals surface area contributed by atoms with Crippen LogP contribution in [0.2, 0.25) is 0 Å². The van der Waals surface area contributed by atoms with E-state index in [0.717, 1.165) is 6.07 Å². The Hall–Kier alpha value is -2.42. The van der Waals surface area contributed by atoms with Crippen molar-refractivity contribution in [1.82, 2.24) is 10.2 Å². The minimum Gasteiger partial charge on any atom is -0.284 e. The Labute approximate surface area is 115 Å². The molecule has 0 aliphatic carbocycles. The van der Waals surface area contributed by atoms with Crippen molar-refractivity contribution in [3.8, 4) is 0 Å². The van der Waals surface area contributed by atoms with Gasteiger partial charge < -0.3 is 0 Å². The average molecular weight is 296 g/mol. The molecule has 0 aliphatic rings. The van der Waals surface area contributed by atoms with Gasteiger partial charge in [0.25, 0.3) is 15.7 Å². The quantitative estimate of drug-likeness (QED) is 0.658. The van der Waals surface area contributed by atoms with Crippen molar-refractivity contribution >= 4 is 21.4 Å². The summed E-state index contributed by atoms with van der Waals surface area (Å²) in [5, 5.41) is 17.0. The lowest BCUT2D eigenvalue weighted by atomic mass is 10.1. The fourth-order valence-corrected chi connectivity index (χ4v) is 2.81. The molecule has 0 atom stereocenters. The summed E-state index contributed by atoms with van der Waals surface area (Å²) in [5.74, 6) is 0. The van der Waals surface area contributed by atoms with Gasteiger partial charge in [-0.25, -0.2) is 8.42 Å². The van der Waals surface area contributed by atoms with Gasteiger partial charge in [-0.15, -0.1) is 0 Å². The number of benzene rings is 1. The third-order valence-electron chi connectivity index (χ3n) is 2.87. The molecule has 0 spiro atoms. The van der Waals surface area contributed by atoms with Crippen LogP contribution in [0.15, 0.2) is 29.4 Å². The van der Waals surface area contributed by atoms with Crippen molar-refractivity contribution in [2.45, 2.75) is 18.7 Å². The van der Waals surface area contributed by atoms with Gasteiger partial charge in [-0.1, -0.05) is 0 Å². The molecule has 1 aromatic carbocycles. The third-order valence-corrected chi connectivity index (χ3v) is 4.23. The number of hydrogen-bond donors (Lipinski definition) is 2. The summed E-state index contributed by atoms with van der Waals surface area (Å²) in [7, 11) is -3.89. The van der Waals surface area contributed by atoms with Crippen molar-refractivity contribution in [2.24, 2.45) is 0 Å². The maximum absolute atomic E-state index is 12.2. The lowest BCUT2D eigenvalue weighted by molar-refractivity contribution is -0.385. The number of nitro benzene ring substituents is 1. The molecule has 0 unspecified atom stereocenters. The van der Waals surface area contributed by atoms with Crippen LogP contribution in [-0.4, -0.2) is 23.5 Å². The van der Waals surface area contributed by atoms with Crippen molar-refractivity contribution < 1.29 is 13.3 Å². The van der Waals surface area contributed by atoms with Crippen molar-refractivity contribution in [3.63, 3.8) is 0 Å². The van der Waals surface area contributed by atoms with Crippen LogP contribution in [0.5, 0.6) is 0 Å². The van der Waals surface area contributed by atoms with Gasteiger partial charge in [0.1, 0.15) is 0 Å². The Morgan fingerprint density at radius 2 is 2.05 bits per heavy atom. The van der Waals surface area contributed by atoms with Gasteiger partial charge >= 0.3 is 0 Å². The maximum Gasteiger partial charge on any atom is 0.273 e. The highest BCUT2D eigenvalue weighted by atomic mass is 32.2. The van der Waals surface area contributed by atoms with Crippen LogP contribution in [0.25, 0.3) is 0 Å². The van der Waals surface area contributed by atoms with E-state index in [4.69, 9.17) is 0 Å². The van der Waals surface area contributed by atoms with Crippen LogP contribution in [0, 0.1) is 24.0 Å². The van der Waals surface area contributed by atoms with Gasteiger partial charge in [-0.05, 0) is 25.5 Å². The molecule has 9 heteroatoms. The lowest BCUT2D eigenvalue weighted by Crippen LogP contribution is -2.13. The number of aromatic nitrogens is 2. The number of H-pyrrole nitrogens is 1. The van der Waals surface area contributed by atoms with E-state index in [1.165, 1.54) is 18.5 Å². The van der Waals surface area contributed by atoms with Gasteiger partial charge in [-0.3, -0.25) is 19.9 Å². The fourth-order valence-electron chi connectivity index (χ4n) is 1.67. The first-order chi connectivity index (χ1) is 9.31. The van der Waals surface area contributed by atoms with E-state index >= 15 is 0 Å². The third kappa shape index (κ3) is 2.62. The van der Waals surface area contributed by atoms with E-state index in [0.29, 0.717) is 11.1 Å². The van der Waals surface area contributed by atoms with Crippen LogP contribution in [0.3, 0.4) is 0 Å². The predicted octanol–water partition coefficient (Wildman–Crippen LogP) is 1.74. The number of aryl methyl sites for hydroxylation is 1. The van der Waals surface area contributed by atoms with E-state index < -0.39 is 14.9 Å². The second-order valence-electron chi connectivity index (χ2n) is 4.23. The molecular formula is C11H12N4O4S. The molecule has 2 N–H and O–H groups in total. The molecule has 0 fully saturated rings. The molecule has 0 saturated heterocycles. The molecule has 20 heavy (non-hydrogen) atoms. The number of hydrogen-bond acceptors (Lipinski definition) is 5. The Kier molecular flexibility index (Phi) is 3.45. The van der Waals surface area contributed by atoms with Gasteiger partial charge in [0, 0.05) is 17.8 Å². The zero-order chi connectivity index (χ0) is 14.9. The minimum absolute atomic E-state index is 0.159. The highest BCUT2D eigenvalue weighted by molar-refractivity contribution is 7.92. The first kappa shape index (κ1) is 14.0. The number of rotatable bonds is 4. The van der Waals surface area contributed by atoms with Gasteiger partial charge in [0.2, 0.25) is 0 Å². The second kappa shape index (κ2) is 4.93. The summed E-state index contributed by atoms with van der Waals surface area (Å²) in [6, 6.07) is 2.44. The van der Waals surface area contributed by atoms with Crippen LogP contribution < -0.4 is 4.72 Å². The molecule has 0 saturated carbocycles. The van der Waals surface area contributed by atoms with E-state index in [2.05, 4.69) is 14.9 Å². The number of nitro groups is 1. The molecule has 0 bridgehead atoms. The standard InChI is InChI=1S/C11H12N4O4S/c1-7-3-10(4-11(8(7)2)15(16)17)20(18,19)14-9-5-12-13-6-9/h3-6,14H,1-2H3,(H,12,13). The van der Waals surface area contributed by atoms with Crippen LogP contribution in [0.4, 0.5) is 11.4 Å². The van der Waals surface area contributed by atoms with Crippen LogP contribution in [0.1, 0.15) is 11.1 Å². The van der Waals surface area contributed by atoms with E-state index in [-0.39, 0.29) is 16.3 Å². The molecule has 0 radical (unpaired) electrons. The molecular weight excluding hydrogens is 284 g/mol. The summed E-state index contributed by atoms with van der Waals surface area (Å²) in [6.45, 7) is 3.20. The number of nitrogens with zero attached hydrogens (tertiary/aromatic N) is 2. The van der Waals surface area contributed by atoms with Gasteiger partial charge in [0.15, 0.2) is 0 Å². The Balaban J connectivity index is 2.49. The fraction of sp³-hybridized carbons (Fsp3) is 0.182. The number of anilines is 1. The van der Waals surface area contributed by atoms with E-state index in [9.17, 15) is 18.5 Å². The highest BCUT2D eigenvalue weighted by Gasteiger charge is 2.22. The largest absolute Gasteiger partial charge is 0.284 e. The number of sulfonamides is 1. The predicted molar refractivity (Wildman–Crippen MR) is 72.0 cm³/mol. The molecule has 1 heterocycles. The van der Waals surface area contributed by atoms with Gasteiger partial charge in [0.05, 0.1) is 21.7 Å². The first-order valence-corrected chi connectivity index (χ1v) is 7.07. The molecule has 8 nitrogen and oxygen atoms in total. The summed E-state index contributed by atoms with van der Waals surface area (Å²) in [6.07, 6.45) is 2.67. The summed E-state index contributed by atoms with van der Waals surface area (Å²) in [5.41, 5.74) is 1.01. The topological polar surface area (TPSA) is 118 Å². The van der Waals surface area contributed by atoms with E-state index in [1.54, 1.807) is 13.8 Å². The first-order valence-electron chi connectivity index (χ1n) is 5.58. The summed E-state index contributed by atoms with van der Waals surface area (Å²) in [4.78, 5) is 10.2. The molecule has 0 aliphatic heterocycles. The SMILES string of the molecule is Cc1cc(S(=O)(=O)Nc2cn[nH]c2)cc([N+](=O)[O-])c1C. The van der Waals surface area contributed by atoms with Crippen molar-refractivity contribution in [1.29, 1.82) is 0 Å². The zero-order valence-electron chi connectivity index (χ0n) is 10.7. The van der Waals surface area contributed by atoms with Crippen LogP contribution in [-0.2, 0) is 10.0 Å². The number of nitrogens with one attached hydrogen (secondary N) is 2. The Morgan fingerprint density at radius 3 is 2.60 bits per heavy atom. The Morgan fingerprint density at radius 1 is 1.35 bits per heavy atom. The van der Waals surface area contributed by atoms with Crippen molar-refractivity contribution in [3.05, 3.63) is 45.8 Å². The molecule has 2 rings (SSSR count). The smallest absolute Gasteiger partial charge is 0.273 e. The Bertz CT molecular complexity index is 753. The highest BCUT2D eigenvalue weighted by Crippen LogP contribution is 2.26. The maximum atomic E-state index is 12.2. The van der Waals surface area contributed by atoms with Gasteiger partial charge in [-0.2, -0.15) is 5.10 Å². The second-order valence-corrected chi connectivity index (χ2v) is 5.92. The normalized spacial score (nSPS) is 11.3. The lowest BCUT2D eigenvalue weighted by Gasteiger charge is -2.08. The van der Waals surface area contributed by atoms with Crippen molar-refractivity contribution in [2.75, 3.05) is 4.72 Å². The molecule has 0 amide bonds. The monoisotopic (exact) mass is 296 g/mol. The summed E-state index contributed by atoms with van der Waals surface area (Å²) >= 11 is 0. The minimum atomic E-state index is -3.89. The zero-order valence-corrected chi connectivity index (χ0v) is 11.6. The van der Waals surface area contributed by atoms with Crippen LogP contribution >= 0.6 is 0 Å². The molecule has 2 aromatic rings. The van der Waals surface area contributed by atoms with E-state index in [1.807, 2.05) is 0 Å².